The highest BCUT2D eigenvalue weighted by Gasteiger charge is 2.07. The van der Waals surface area contributed by atoms with Gasteiger partial charge in [0.25, 0.3) is 0 Å². The second-order valence-electron chi connectivity index (χ2n) is 3.77. The summed E-state index contributed by atoms with van der Waals surface area (Å²) < 4.78 is 0. The van der Waals surface area contributed by atoms with Crippen LogP contribution in [0.5, 0.6) is 0 Å². The fraction of sp³-hybridized carbons (Fsp3) is 0.417. The first-order valence-electron chi connectivity index (χ1n) is 5.18. The summed E-state index contributed by atoms with van der Waals surface area (Å²) in [5, 5.41) is 2.97. The van der Waals surface area contributed by atoms with E-state index in [1.165, 1.54) is 0 Å². The van der Waals surface area contributed by atoms with Gasteiger partial charge in [-0.25, -0.2) is 0 Å². The van der Waals surface area contributed by atoms with E-state index in [-0.39, 0.29) is 11.9 Å². The Balaban J connectivity index is 2.42. The van der Waals surface area contributed by atoms with E-state index in [9.17, 15) is 4.79 Å². The molecule has 0 bridgehead atoms. The molecule has 1 rings (SSSR count). The summed E-state index contributed by atoms with van der Waals surface area (Å²) in [7, 11) is 0. The van der Waals surface area contributed by atoms with E-state index in [1.54, 1.807) is 11.8 Å². The molecular weight excluding hydrogens is 238 g/mol. The van der Waals surface area contributed by atoms with Gasteiger partial charge in [0.05, 0.1) is 6.42 Å². The molecule has 1 aromatic carbocycles. The lowest BCUT2D eigenvalue weighted by atomic mass is 10.1. The van der Waals surface area contributed by atoms with Crippen molar-refractivity contribution < 1.29 is 4.79 Å². The van der Waals surface area contributed by atoms with Gasteiger partial charge < -0.3 is 5.32 Å². The van der Waals surface area contributed by atoms with Crippen LogP contribution < -0.4 is 5.32 Å². The highest BCUT2D eigenvalue weighted by Crippen LogP contribution is 2.08. The lowest BCUT2D eigenvalue weighted by Crippen LogP contribution is -2.35. The summed E-state index contributed by atoms with van der Waals surface area (Å²) >= 11 is 5.94. The molecule has 1 atom stereocenters. The predicted octanol–water partition coefficient (Wildman–Crippen LogP) is 2.39. The van der Waals surface area contributed by atoms with Crippen molar-refractivity contribution in [2.24, 2.45) is 0 Å². The van der Waals surface area contributed by atoms with Gasteiger partial charge in [0, 0.05) is 16.7 Å². The van der Waals surface area contributed by atoms with E-state index >= 15 is 0 Å². The van der Waals surface area contributed by atoms with E-state index in [0.717, 1.165) is 16.2 Å². The Labute approximate surface area is 107 Å². The van der Waals surface area contributed by atoms with Gasteiger partial charge in [-0.2, -0.15) is 11.8 Å². The third-order valence-electron chi connectivity index (χ3n) is 2.13. The third kappa shape index (κ3) is 4.94. The largest absolute Gasteiger partial charge is 0.353 e. The molecule has 0 heterocycles. The quantitative estimate of drug-likeness (QED) is 0.791. The zero-order valence-corrected chi connectivity index (χ0v) is 11.3. The third-order valence-corrected chi connectivity index (χ3v) is 3.26. The van der Waals surface area contributed by atoms with Gasteiger partial charge in [-0.05, 0) is 30.9 Å². The summed E-state index contributed by atoms with van der Waals surface area (Å²) in [6.07, 6.45) is 2.47. The Bertz CT molecular complexity index is 337. The Morgan fingerprint density at radius 2 is 2.06 bits per heavy atom. The minimum Gasteiger partial charge on any atom is -0.353 e. The van der Waals surface area contributed by atoms with Crippen LogP contribution in [0.2, 0.25) is 0 Å². The van der Waals surface area contributed by atoms with Crippen LogP contribution in [0.4, 0.5) is 0 Å². The molecule has 1 amide bonds. The lowest BCUT2D eigenvalue weighted by Gasteiger charge is -2.12. The molecule has 0 saturated heterocycles. The summed E-state index contributed by atoms with van der Waals surface area (Å²) in [6.45, 7) is 2.02. The minimum absolute atomic E-state index is 0.0773. The Morgan fingerprint density at radius 1 is 1.44 bits per heavy atom. The van der Waals surface area contributed by atoms with Crippen LogP contribution in [0.3, 0.4) is 0 Å². The van der Waals surface area contributed by atoms with Crippen molar-refractivity contribution in [2.75, 3.05) is 12.0 Å². The molecule has 0 aliphatic heterocycles. The van der Waals surface area contributed by atoms with Crippen molar-refractivity contribution in [3.8, 4) is 0 Å². The van der Waals surface area contributed by atoms with Gasteiger partial charge in [0.1, 0.15) is 0 Å². The van der Waals surface area contributed by atoms with Gasteiger partial charge in [-0.1, -0.05) is 12.1 Å². The number of amides is 1. The van der Waals surface area contributed by atoms with Crippen molar-refractivity contribution in [2.45, 2.75) is 24.3 Å². The molecule has 16 heavy (non-hydrogen) atoms. The number of thioether (sulfide) groups is 1. The van der Waals surface area contributed by atoms with Crippen LogP contribution in [-0.4, -0.2) is 24.0 Å². The first-order chi connectivity index (χ1) is 7.61. The molecule has 0 fully saturated rings. The van der Waals surface area contributed by atoms with E-state index in [1.807, 2.05) is 37.4 Å². The van der Waals surface area contributed by atoms with E-state index in [2.05, 4.69) is 17.9 Å². The molecule has 0 radical (unpaired) electrons. The number of carbonyl (C=O) groups excluding carboxylic acids is 1. The lowest BCUT2D eigenvalue weighted by molar-refractivity contribution is -0.120. The number of hydrogen-bond donors (Lipinski definition) is 2. The maximum absolute atomic E-state index is 11.6. The average Bonchev–Trinajstić information content (AvgIpc) is 2.21. The van der Waals surface area contributed by atoms with E-state index in [4.69, 9.17) is 0 Å². The summed E-state index contributed by atoms with van der Waals surface area (Å²) in [5.41, 5.74) is 1.02. The SMILES string of the molecule is CSCC(C)NC(=O)Cc1ccc(S)cc1. The van der Waals surface area contributed by atoms with Crippen molar-refractivity contribution in [3.63, 3.8) is 0 Å². The number of hydrogen-bond acceptors (Lipinski definition) is 3. The number of rotatable bonds is 5. The average molecular weight is 255 g/mol. The number of thiol groups is 1. The van der Waals surface area contributed by atoms with Gasteiger partial charge in [-0.3, -0.25) is 4.79 Å². The van der Waals surface area contributed by atoms with Crippen molar-refractivity contribution >= 4 is 30.3 Å². The molecular formula is C12H17NOS2. The molecule has 1 aromatic rings. The second kappa shape index (κ2) is 6.86. The molecule has 4 heteroatoms. The Morgan fingerprint density at radius 3 is 2.62 bits per heavy atom. The van der Waals surface area contributed by atoms with Crippen molar-refractivity contribution in [3.05, 3.63) is 29.8 Å². The number of nitrogens with one attached hydrogen (secondary N) is 1. The zero-order valence-electron chi connectivity index (χ0n) is 9.56. The second-order valence-corrected chi connectivity index (χ2v) is 5.19. The van der Waals surface area contributed by atoms with E-state index in [0.29, 0.717) is 6.42 Å². The Kier molecular flexibility index (Phi) is 5.77. The van der Waals surface area contributed by atoms with Crippen LogP contribution in [0.1, 0.15) is 12.5 Å². The fourth-order valence-electron chi connectivity index (χ4n) is 1.42. The molecule has 0 spiro atoms. The highest BCUT2D eigenvalue weighted by molar-refractivity contribution is 7.98. The number of carbonyl (C=O) groups is 1. The minimum atomic E-state index is 0.0773. The highest BCUT2D eigenvalue weighted by atomic mass is 32.2. The van der Waals surface area contributed by atoms with Crippen LogP contribution in [0.15, 0.2) is 29.2 Å². The summed E-state index contributed by atoms with van der Waals surface area (Å²) in [5.74, 6) is 1.02. The molecule has 0 aromatic heterocycles. The zero-order chi connectivity index (χ0) is 12.0. The maximum atomic E-state index is 11.6. The van der Waals surface area contributed by atoms with Crippen LogP contribution in [0.25, 0.3) is 0 Å². The number of benzene rings is 1. The van der Waals surface area contributed by atoms with E-state index < -0.39 is 0 Å². The predicted molar refractivity (Wildman–Crippen MR) is 73.4 cm³/mol. The van der Waals surface area contributed by atoms with Crippen LogP contribution in [0, 0.1) is 0 Å². The molecule has 1 unspecified atom stereocenters. The molecule has 0 aliphatic carbocycles. The van der Waals surface area contributed by atoms with Gasteiger partial charge in [0.15, 0.2) is 0 Å². The van der Waals surface area contributed by atoms with Gasteiger partial charge >= 0.3 is 0 Å². The van der Waals surface area contributed by atoms with Gasteiger partial charge in [0.2, 0.25) is 5.91 Å². The first kappa shape index (κ1) is 13.5. The maximum Gasteiger partial charge on any atom is 0.224 e. The topological polar surface area (TPSA) is 29.1 Å². The van der Waals surface area contributed by atoms with Crippen LogP contribution >= 0.6 is 24.4 Å². The molecule has 0 aliphatic rings. The van der Waals surface area contributed by atoms with Crippen molar-refractivity contribution in [1.29, 1.82) is 0 Å². The normalized spacial score (nSPS) is 12.2. The Hall–Kier alpha value is -0.610. The molecule has 1 N–H and O–H groups in total. The standard InChI is InChI=1S/C12H17NOS2/c1-9(8-16-2)13-12(14)7-10-3-5-11(15)6-4-10/h3-6,9,15H,7-8H2,1-2H3,(H,13,14). The monoisotopic (exact) mass is 255 g/mol. The molecule has 2 nitrogen and oxygen atoms in total. The first-order valence-corrected chi connectivity index (χ1v) is 7.02. The fourth-order valence-corrected chi connectivity index (χ4v) is 2.15. The molecule has 0 saturated carbocycles. The molecule has 88 valence electrons. The smallest absolute Gasteiger partial charge is 0.224 e. The summed E-state index contributed by atoms with van der Waals surface area (Å²) in [4.78, 5) is 12.6. The van der Waals surface area contributed by atoms with Crippen molar-refractivity contribution in [1.82, 2.24) is 5.32 Å². The van der Waals surface area contributed by atoms with Crippen LogP contribution in [-0.2, 0) is 11.2 Å². The van der Waals surface area contributed by atoms with Gasteiger partial charge in [-0.15, -0.1) is 12.6 Å². The summed E-state index contributed by atoms with van der Waals surface area (Å²) in [6, 6.07) is 7.89.